The van der Waals surface area contributed by atoms with E-state index in [1.54, 1.807) is 35.6 Å². The van der Waals surface area contributed by atoms with Gasteiger partial charge in [-0.2, -0.15) is 5.26 Å². The van der Waals surface area contributed by atoms with Crippen molar-refractivity contribution in [1.29, 1.82) is 5.26 Å². The molecule has 0 spiro atoms. The molecular weight excluding hydrogens is 294 g/mol. The fraction of sp³-hybridized carbons (Fsp3) is 0.294. The molecule has 4 nitrogen and oxygen atoms in total. The second-order valence-electron chi connectivity index (χ2n) is 5.30. The summed E-state index contributed by atoms with van der Waals surface area (Å²) in [6, 6.07) is 10.8. The van der Waals surface area contributed by atoms with Crippen molar-refractivity contribution < 1.29 is 4.79 Å². The number of rotatable bonds is 5. The van der Waals surface area contributed by atoms with Crippen LogP contribution < -0.4 is 5.32 Å². The van der Waals surface area contributed by atoms with Gasteiger partial charge in [0.2, 0.25) is 5.91 Å². The van der Waals surface area contributed by atoms with Gasteiger partial charge in [-0.3, -0.25) is 9.69 Å². The average Bonchev–Trinajstić information content (AvgIpc) is 2.92. The Hall–Kier alpha value is -2.16. The second kappa shape index (κ2) is 7.21. The van der Waals surface area contributed by atoms with Gasteiger partial charge < -0.3 is 5.32 Å². The van der Waals surface area contributed by atoms with Gasteiger partial charge in [-0.25, -0.2) is 0 Å². The van der Waals surface area contributed by atoms with E-state index in [0.29, 0.717) is 11.3 Å². The lowest BCUT2D eigenvalue weighted by molar-refractivity contribution is -0.120. The summed E-state index contributed by atoms with van der Waals surface area (Å²) >= 11 is 1.71. The van der Waals surface area contributed by atoms with Crippen LogP contribution >= 0.6 is 11.3 Å². The molecule has 1 aromatic heterocycles. The van der Waals surface area contributed by atoms with Crippen LogP contribution in [0.4, 0.5) is 5.69 Å². The van der Waals surface area contributed by atoms with Crippen LogP contribution in [0.1, 0.15) is 22.9 Å². The number of nitrogens with one attached hydrogen (secondary N) is 1. The molecule has 1 aromatic carbocycles. The lowest BCUT2D eigenvalue weighted by Gasteiger charge is -2.23. The maximum atomic E-state index is 12.3. The van der Waals surface area contributed by atoms with Gasteiger partial charge in [-0.1, -0.05) is 0 Å². The largest absolute Gasteiger partial charge is 0.325 e. The molecule has 0 radical (unpaired) electrons. The summed E-state index contributed by atoms with van der Waals surface area (Å²) in [6.45, 7) is 4.73. The topological polar surface area (TPSA) is 56.1 Å². The summed E-state index contributed by atoms with van der Waals surface area (Å²) in [7, 11) is 1.95. The van der Waals surface area contributed by atoms with Crippen molar-refractivity contribution in [3.8, 4) is 6.07 Å². The van der Waals surface area contributed by atoms with Gasteiger partial charge in [-0.05, 0) is 62.2 Å². The maximum Gasteiger partial charge on any atom is 0.241 e. The normalized spacial score (nSPS) is 12.0. The Kier molecular flexibility index (Phi) is 5.31. The summed E-state index contributed by atoms with van der Waals surface area (Å²) in [5, 5.41) is 13.7. The molecule has 1 N–H and O–H groups in total. The first-order chi connectivity index (χ1) is 10.5. The molecule has 22 heavy (non-hydrogen) atoms. The minimum absolute atomic E-state index is 0.0542. The van der Waals surface area contributed by atoms with E-state index >= 15 is 0 Å². The van der Waals surface area contributed by atoms with Crippen molar-refractivity contribution in [2.45, 2.75) is 26.4 Å². The van der Waals surface area contributed by atoms with Crippen molar-refractivity contribution in [1.82, 2.24) is 4.90 Å². The van der Waals surface area contributed by atoms with Gasteiger partial charge in [0.05, 0.1) is 17.7 Å². The number of amides is 1. The number of benzene rings is 1. The van der Waals surface area contributed by atoms with Crippen LogP contribution in [0.5, 0.6) is 0 Å². The monoisotopic (exact) mass is 313 g/mol. The quantitative estimate of drug-likeness (QED) is 0.920. The Morgan fingerprint density at radius 3 is 2.59 bits per heavy atom. The Morgan fingerprint density at radius 1 is 1.36 bits per heavy atom. The molecule has 1 amide bonds. The van der Waals surface area contributed by atoms with E-state index in [4.69, 9.17) is 5.26 Å². The first-order valence-corrected chi connectivity index (χ1v) is 7.93. The number of thiophene rings is 1. The van der Waals surface area contributed by atoms with Crippen LogP contribution in [-0.4, -0.2) is 23.9 Å². The minimum Gasteiger partial charge on any atom is -0.325 e. The van der Waals surface area contributed by atoms with Crippen LogP contribution in [0.3, 0.4) is 0 Å². The zero-order chi connectivity index (χ0) is 16.1. The van der Waals surface area contributed by atoms with E-state index in [9.17, 15) is 4.79 Å². The predicted molar refractivity (Wildman–Crippen MR) is 89.8 cm³/mol. The van der Waals surface area contributed by atoms with E-state index in [-0.39, 0.29) is 11.9 Å². The average molecular weight is 313 g/mol. The van der Waals surface area contributed by atoms with Crippen molar-refractivity contribution in [3.05, 3.63) is 51.7 Å². The van der Waals surface area contributed by atoms with Gasteiger partial charge >= 0.3 is 0 Å². The predicted octanol–water partition coefficient (Wildman–Crippen LogP) is 3.39. The number of hydrogen-bond acceptors (Lipinski definition) is 4. The first-order valence-electron chi connectivity index (χ1n) is 7.05. The van der Waals surface area contributed by atoms with Crippen molar-refractivity contribution in [2.75, 3.05) is 12.4 Å². The molecule has 0 bridgehead atoms. The van der Waals surface area contributed by atoms with Crippen molar-refractivity contribution >= 4 is 22.9 Å². The Bertz CT molecular complexity index is 685. The molecule has 0 fully saturated rings. The number of nitrogens with zero attached hydrogens (tertiary/aromatic N) is 2. The Labute approximate surface area is 135 Å². The van der Waals surface area contributed by atoms with E-state index in [2.05, 4.69) is 29.8 Å². The van der Waals surface area contributed by atoms with Crippen LogP contribution in [0.2, 0.25) is 0 Å². The Balaban J connectivity index is 1.96. The summed E-state index contributed by atoms with van der Waals surface area (Å²) in [6.07, 6.45) is 0. The van der Waals surface area contributed by atoms with E-state index in [1.807, 2.05) is 18.9 Å². The number of carbonyl (C=O) groups excluding carboxylic acids is 1. The highest BCUT2D eigenvalue weighted by Crippen LogP contribution is 2.18. The fourth-order valence-electron chi connectivity index (χ4n) is 2.00. The van der Waals surface area contributed by atoms with Crippen molar-refractivity contribution in [2.24, 2.45) is 0 Å². The van der Waals surface area contributed by atoms with E-state index in [1.165, 1.54) is 10.4 Å². The highest BCUT2D eigenvalue weighted by molar-refractivity contribution is 7.10. The molecule has 0 aliphatic rings. The van der Waals surface area contributed by atoms with Crippen molar-refractivity contribution in [3.63, 3.8) is 0 Å². The lowest BCUT2D eigenvalue weighted by atomic mass is 10.2. The zero-order valence-corrected chi connectivity index (χ0v) is 13.8. The molecule has 2 aromatic rings. The van der Waals surface area contributed by atoms with Gasteiger partial charge in [0.15, 0.2) is 0 Å². The zero-order valence-electron chi connectivity index (χ0n) is 13.0. The first kappa shape index (κ1) is 16.2. The summed E-state index contributed by atoms with van der Waals surface area (Å²) < 4.78 is 0. The molecule has 5 heteroatoms. The molecule has 2 rings (SSSR count). The molecule has 0 saturated carbocycles. The summed E-state index contributed by atoms with van der Waals surface area (Å²) in [4.78, 5) is 15.6. The lowest BCUT2D eigenvalue weighted by Crippen LogP contribution is -2.39. The standard InChI is InChI=1S/C17H19N3OS/c1-12-8-9-22-16(12)11-20(3)13(2)17(21)19-15-6-4-14(10-18)5-7-15/h4-9,13H,11H2,1-3H3,(H,19,21)/t13-/m1/s1. The summed E-state index contributed by atoms with van der Waals surface area (Å²) in [5.74, 6) is -0.0542. The minimum atomic E-state index is -0.239. The van der Waals surface area contributed by atoms with E-state index < -0.39 is 0 Å². The molecule has 1 atom stereocenters. The SMILES string of the molecule is Cc1ccsc1CN(C)[C@H](C)C(=O)Nc1ccc(C#N)cc1. The van der Waals surface area contributed by atoms with Gasteiger partial charge in [-0.15, -0.1) is 11.3 Å². The van der Waals surface area contributed by atoms with Gasteiger partial charge in [0.25, 0.3) is 0 Å². The summed E-state index contributed by atoms with van der Waals surface area (Å²) in [5.41, 5.74) is 2.55. The number of carbonyl (C=O) groups is 1. The smallest absolute Gasteiger partial charge is 0.241 e. The van der Waals surface area contributed by atoms with Gasteiger partial charge in [0.1, 0.15) is 0 Å². The van der Waals surface area contributed by atoms with Crippen LogP contribution in [0.15, 0.2) is 35.7 Å². The second-order valence-corrected chi connectivity index (χ2v) is 6.30. The molecule has 1 heterocycles. The number of hydrogen-bond donors (Lipinski definition) is 1. The molecular formula is C17H19N3OS. The highest BCUT2D eigenvalue weighted by atomic mass is 32.1. The molecule has 0 aliphatic carbocycles. The third-order valence-corrected chi connectivity index (χ3v) is 4.69. The third-order valence-electron chi connectivity index (χ3n) is 3.68. The van der Waals surface area contributed by atoms with E-state index in [0.717, 1.165) is 6.54 Å². The van der Waals surface area contributed by atoms with Crippen LogP contribution in [0, 0.1) is 18.3 Å². The number of aryl methyl sites for hydroxylation is 1. The third kappa shape index (κ3) is 3.94. The molecule has 0 unspecified atom stereocenters. The number of anilines is 1. The fourth-order valence-corrected chi connectivity index (χ4v) is 2.97. The van der Waals surface area contributed by atoms with Gasteiger partial charge in [0, 0.05) is 17.1 Å². The molecule has 0 aliphatic heterocycles. The highest BCUT2D eigenvalue weighted by Gasteiger charge is 2.19. The number of likely N-dealkylation sites (N-methyl/N-ethyl adjacent to an activating group) is 1. The molecule has 114 valence electrons. The maximum absolute atomic E-state index is 12.3. The molecule has 0 saturated heterocycles. The number of nitriles is 1. The van der Waals surface area contributed by atoms with Crippen LogP contribution in [-0.2, 0) is 11.3 Å². The van der Waals surface area contributed by atoms with Crippen LogP contribution in [0.25, 0.3) is 0 Å². The Morgan fingerprint density at radius 2 is 2.05 bits per heavy atom.